The minimum absolute atomic E-state index is 0.117. The molecule has 2 aromatic carbocycles. The Labute approximate surface area is 138 Å². The lowest BCUT2D eigenvalue weighted by molar-refractivity contribution is -0.136. The summed E-state index contributed by atoms with van der Waals surface area (Å²) in [5.41, 5.74) is 3.26. The van der Waals surface area contributed by atoms with E-state index < -0.39 is 5.97 Å². The molecule has 0 amide bonds. The fourth-order valence-corrected chi connectivity index (χ4v) is 2.49. The molecule has 0 bridgehead atoms. The topological polar surface area (TPSA) is 63.1 Å². The summed E-state index contributed by atoms with van der Waals surface area (Å²) in [5.74, 6) is -0.993. The first-order chi connectivity index (χ1) is 11.1. The van der Waals surface area contributed by atoms with Gasteiger partial charge < -0.3 is 5.11 Å². The Hall–Kier alpha value is -2.72. The molecule has 0 spiro atoms. The van der Waals surface area contributed by atoms with Crippen LogP contribution in [-0.2, 0) is 11.2 Å². The molecule has 0 aliphatic rings. The first kappa shape index (κ1) is 15.2. The third-order valence-electron chi connectivity index (χ3n) is 3.33. The van der Waals surface area contributed by atoms with Gasteiger partial charge in [-0.15, -0.1) is 0 Å². The number of rotatable bonds is 4. The van der Waals surface area contributed by atoms with Gasteiger partial charge in [0.2, 0.25) is 0 Å². The Kier molecular flexibility index (Phi) is 4.35. The Bertz CT molecular complexity index is 836. The van der Waals surface area contributed by atoms with E-state index in [1.54, 1.807) is 0 Å². The third-order valence-corrected chi connectivity index (χ3v) is 3.63. The molecule has 5 heteroatoms. The van der Waals surface area contributed by atoms with Crippen molar-refractivity contribution in [3.05, 3.63) is 71.5 Å². The van der Waals surface area contributed by atoms with Gasteiger partial charge >= 0.3 is 5.97 Å². The van der Waals surface area contributed by atoms with Crippen molar-refractivity contribution in [2.75, 3.05) is 0 Å². The molecule has 0 aliphatic heterocycles. The summed E-state index contributed by atoms with van der Waals surface area (Å²) in [6.07, 6.45) is -0.263. The Balaban J connectivity index is 2.22. The number of carboxylic acid groups (broad SMARTS) is 1. The van der Waals surface area contributed by atoms with Gasteiger partial charge in [-0.25, -0.2) is 9.97 Å². The van der Waals surface area contributed by atoms with Gasteiger partial charge in [0.1, 0.15) is 0 Å². The van der Waals surface area contributed by atoms with E-state index in [0.29, 0.717) is 11.4 Å². The quantitative estimate of drug-likeness (QED) is 0.785. The van der Waals surface area contributed by atoms with E-state index in [1.165, 1.54) is 0 Å². The second kappa shape index (κ2) is 6.58. The van der Waals surface area contributed by atoms with Crippen LogP contribution in [-0.4, -0.2) is 21.0 Å². The molecule has 0 unspecified atom stereocenters. The van der Waals surface area contributed by atoms with Crippen molar-refractivity contribution in [1.29, 1.82) is 0 Å². The molecule has 1 aromatic heterocycles. The normalized spacial score (nSPS) is 10.5. The minimum atomic E-state index is -0.993. The molecule has 0 saturated heterocycles. The van der Waals surface area contributed by atoms with E-state index in [-0.39, 0.29) is 17.3 Å². The maximum Gasteiger partial charge on any atom is 0.309 e. The average Bonchev–Trinajstić information content (AvgIpc) is 2.57. The number of benzene rings is 2. The number of halogens is 1. The molecular weight excluding hydrogens is 312 g/mol. The summed E-state index contributed by atoms with van der Waals surface area (Å²) in [6.45, 7) is 0. The van der Waals surface area contributed by atoms with Crippen molar-refractivity contribution in [2.45, 2.75) is 6.42 Å². The van der Waals surface area contributed by atoms with Crippen LogP contribution < -0.4 is 0 Å². The summed E-state index contributed by atoms with van der Waals surface area (Å²) >= 11 is 6.15. The van der Waals surface area contributed by atoms with Crippen LogP contribution in [0.15, 0.2) is 60.7 Å². The lowest BCUT2D eigenvalue weighted by Gasteiger charge is -2.11. The Morgan fingerprint density at radius 1 is 0.870 bits per heavy atom. The first-order valence-corrected chi connectivity index (χ1v) is 7.42. The van der Waals surface area contributed by atoms with Gasteiger partial charge in [0.25, 0.3) is 0 Å². The Morgan fingerprint density at radius 2 is 1.35 bits per heavy atom. The summed E-state index contributed by atoms with van der Waals surface area (Å²) < 4.78 is 0. The largest absolute Gasteiger partial charge is 0.481 e. The fraction of sp³-hybridized carbons (Fsp3) is 0.0556. The summed E-state index contributed by atoms with van der Waals surface area (Å²) in [6, 6.07) is 19.1. The number of hydrogen-bond acceptors (Lipinski definition) is 3. The molecule has 0 aliphatic carbocycles. The average molecular weight is 325 g/mol. The molecule has 0 saturated carbocycles. The molecular formula is C18H13ClN2O2. The third kappa shape index (κ3) is 3.38. The van der Waals surface area contributed by atoms with Gasteiger partial charge in [-0.05, 0) is 0 Å². The second-order valence-corrected chi connectivity index (χ2v) is 5.32. The van der Waals surface area contributed by atoms with E-state index in [4.69, 9.17) is 16.7 Å². The van der Waals surface area contributed by atoms with Crippen LogP contribution >= 0.6 is 11.6 Å². The highest BCUT2D eigenvalue weighted by Gasteiger charge is 2.17. The maximum atomic E-state index is 11.0. The predicted octanol–water partition coefficient (Wildman–Crippen LogP) is 4.09. The molecule has 23 heavy (non-hydrogen) atoms. The molecule has 114 valence electrons. The Morgan fingerprint density at radius 3 is 1.83 bits per heavy atom. The van der Waals surface area contributed by atoms with Crippen LogP contribution in [0, 0.1) is 0 Å². The van der Waals surface area contributed by atoms with Crippen LogP contribution in [0.1, 0.15) is 5.69 Å². The fourth-order valence-electron chi connectivity index (χ4n) is 2.30. The summed E-state index contributed by atoms with van der Waals surface area (Å²) in [4.78, 5) is 19.9. The van der Waals surface area contributed by atoms with Gasteiger partial charge in [-0.1, -0.05) is 72.3 Å². The second-order valence-electron chi connectivity index (χ2n) is 4.96. The van der Waals surface area contributed by atoms with Crippen molar-refractivity contribution in [2.24, 2.45) is 0 Å². The van der Waals surface area contributed by atoms with E-state index >= 15 is 0 Å². The van der Waals surface area contributed by atoms with Crippen molar-refractivity contribution in [3.8, 4) is 22.5 Å². The lowest BCUT2D eigenvalue weighted by Crippen LogP contribution is -2.06. The van der Waals surface area contributed by atoms with Crippen molar-refractivity contribution < 1.29 is 9.90 Å². The number of aliphatic carboxylic acids is 1. The van der Waals surface area contributed by atoms with E-state index in [9.17, 15) is 4.79 Å². The van der Waals surface area contributed by atoms with Crippen LogP contribution in [0.3, 0.4) is 0 Å². The number of carbonyl (C=O) groups is 1. The zero-order valence-electron chi connectivity index (χ0n) is 12.1. The highest BCUT2D eigenvalue weighted by atomic mass is 35.5. The van der Waals surface area contributed by atoms with Crippen LogP contribution in [0.5, 0.6) is 0 Å². The molecule has 3 rings (SSSR count). The molecule has 3 aromatic rings. The van der Waals surface area contributed by atoms with Crippen molar-refractivity contribution in [3.63, 3.8) is 0 Å². The maximum absolute atomic E-state index is 11.0. The minimum Gasteiger partial charge on any atom is -0.481 e. The SMILES string of the molecule is O=C(O)Cc1nc(-c2ccccc2)c(-c2ccccc2)nc1Cl. The molecule has 1 N–H and O–H groups in total. The number of nitrogens with zero attached hydrogens (tertiary/aromatic N) is 2. The number of hydrogen-bond donors (Lipinski definition) is 1. The highest BCUT2D eigenvalue weighted by Crippen LogP contribution is 2.31. The number of aromatic nitrogens is 2. The lowest BCUT2D eigenvalue weighted by atomic mass is 10.0. The highest BCUT2D eigenvalue weighted by molar-refractivity contribution is 6.30. The van der Waals surface area contributed by atoms with E-state index in [1.807, 2.05) is 60.7 Å². The molecule has 4 nitrogen and oxygen atoms in total. The summed E-state index contributed by atoms with van der Waals surface area (Å²) in [5, 5.41) is 9.13. The van der Waals surface area contributed by atoms with Crippen molar-refractivity contribution >= 4 is 17.6 Å². The summed E-state index contributed by atoms with van der Waals surface area (Å²) in [7, 11) is 0. The van der Waals surface area contributed by atoms with Gasteiger partial charge in [-0.3, -0.25) is 4.79 Å². The van der Waals surface area contributed by atoms with Gasteiger partial charge in [0.05, 0.1) is 23.5 Å². The predicted molar refractivity (Wildman–Crippen MR) is 89.3 cm³/mol. The van der Waals surface area contributed by atoms with Crippen LogP contribution in [0.2, 0.25) is 5.15 Å². The van der Waals surface area contributed by atoms with Crippen LogP contribution in [0.25, 0.3) is 22.5 Å². The molecule has 1 heterocycles. The standard InChI is InChI=1S/C18H13ClN2O2/c19-18-14(11-15(22)23)20-16(12-7-3-1-4-8-12)17(21-18)13-9-5-2-6-10-13/h1-10H,11H2,(H,22,23). The van der Waals surface area contributed by atoms with Gasteiger partial charge in [0, 0.05) is 11.1 Å². The van der Waals surface area contributed by atoms with Gasteiger partial charge in [0.15, 0.2) is 5.15 Å². The van der Waals surface area contributed by atoms with Gasteiger partial charge in [-0.2, -0.15) is 0 Å². The first-order valence-electron chi connectivity index (χ1n) is 7.04. The van der Waals surface area contributed by atoms with Crippen LogP contribution in [0.4, 0.5) is 0 Å². The zero-order chi connectivity index (χ0) is 16.2. The molecule has 0 fully saturated rings. The monoisotopic (exact) mass is 324 g/mol. The van der Waals surface area contributed by atoms with E-state index in [2.05, 4.69) is 9.97 Å². The van der Waals surface area contributed by atoms with Crippen molar-refractivity contribution in [1.82, 2.24) is 9.97 Å². The zero-order valence-corrected chi connectivity index (χ0v) is 12.9. The number of carboxylic acids is 1. The van der Waals surface area contributed by atoms with E-state index in [0.717, 1.165) is 11.1 Å². The molecule has 0 radical (unpaired) electrons. The molecule has 0 atom stereocenters. The smallest absolute Gasteiger partial charge is 0.309 e.